The lowest BCUT2D eigenvalue weighted by Crippen LogP contribution is -2.32. The van der Waals surface area contributed by atoms with Crippen LogP contribution in [0.5, 0.6) is 0 Å². The van der Waals surface area contributed by atoms with Gasteiger partial charge in [0.2, 0.25) is 0 Å². The van der Waals surface area contributed by atoms with Crippen molar-refractivity contribution in [3.05, 3.63) is 17.0 Å². The van der Waals surface area contributed by atoms with Crippen LogP contribution in [0.25, 0.3) is 0 Å². The summed E-state index contributed by atoms with van der Waals surface area (Å²) in [6, 6.07) is 0. The average Bonchev–Trinajstić information content (AvgIpc) is 2.92. The molecule has 0 radical (unpaired) electrons. The first-order chi connectivity index (χ1) is 10.0. The van der Waals surface area contributed by atoms with Gasteiger partial charge < -0.3 is 9.47 Å². The monoisotopic (exact) mass is 332 g/mol. The van der Waals surface area contributed by atoms with E-state index in [0.29, 0.717) is 0 Å². The van der Waals surface area contributed by atoms with E-state index >= 15 is 0 Å². The Balaban J connectivity index is 2.75. The Bertz CT molecular complexity index is 543. The van der Waals surface area contributed by atoms with Gasteiger partial charge in [-0.3, -0.25) is 4.68 Å². The number of hydrogen-bond acceptors (Lipinski definition) is 3. The van der Waals surface area contributed by atoms with E-state index in [0.717, 1.165) is 7.05 Å². The molecular formula is C12H14F6N2O2. The smallest absolute Gasteiger partial charge is 0.343 e. The highest BCUT2D eigenvalue weighted by Gasteiger charge is 2.54. The third-order valence-corrected chi connectivity index (χ3v) is 3.30. The van der Waals surface area contributed by atoms with Crippen molar-refractivity contribution in [2.45, 2.75) is 37.9 Å². The van der Waals surface area contributed by atoms with Gasteiger partial charge in [-0.1, -0.05) is 13.3 Å². The second-order valence-electron chi connectivity index (χ2n) is 4.89. The van der Waals surface area contributed by atoms with E-state index in [2.05, 4.69) is 5.10 Å². The minimum Gasteiger partial charge on any atom is -0.343 e. The molecule has 0 amide bonds. The van der Waals surface area contributed by atoms with Gasteiger partial charge >= 0.3 is 12.4 Å². The molecular weight excluding hydrogens is 318 g/mol. The van der Waals surface area contributed by atoms with Gasteiger partial charge in [0.05, 0.1) is 18.8 Å². The van der Waals surface area contributed by atoms with Crippen LogP contribution in [0.4, 0.5) is 26.3 Å². The maximum atomic E-state index is 13.2. The third-order valence-electron chi connectivity index (χ3n) is 3.30. The Labute approximate surface area is 122 Å². The third kappa shape index (κ3) is 2.81. The first-order valence-corrected chi connectivity index (χ1v) is 6.52. The Hall–Kier alpha value is -1.29. The number of aryl methyl sites for hydroxylation is 1. The molecule has 2 rings (SSSR count). The number of halogens is 6. The molecule has 10 heteroatoms. The summed E-state index contributed by atoms with van der Waals surface area (Å²) >= 11 is 0. The van der Waals surface area contributed by atoms with Crippen molar-refractivity contribution in [1.29, 1.82) is 0 Å². The van der Waals surface area contributed by atoms with Crippen LogP contribution < -0.4 is 0 Å². The van der Waals surface area contributed by atoms with E-state index in [-0.39, 0.29) is 30.7 Å². The summed E-state index contributed by atoms with van der Waals surface area (Å²) in [6.45, 7) is 1.46. The molecule has 0 aromatic carbocycles. The highest BCUT2D eigenvalue weighted by atomic mass is 19.4. The molecule has 126 valence electrons. The summed E-state index contributed by atoms with van der Waals surface area (Å²) in [6.07, 6.45) is -9.92. The highest BCUT2D eigenvalue weighted by Crippen LogP contribution is 2.48. The largest absolute Gasteiger partial charge is 0.435 e. The Morgan fingerprint density at radius 2 is 1.64 bits per heavy atom. The molecule has 1 saturated heterocycles. The normalized spacial score (nSPS) is 18.9. The molecule has 0 bridgehead atoms. The molecule has 0 spiro atoms. The lowest BCUT2D eigenvalue weighted by Gasteiger charge is -2.29. The lowest BCUT2D eigenvalue weighted by molar-refractivity contribution is -0.191. The predicted octanol–water partition coefficient (Wildman–Crippen LogP) is 3.46. The number of hydrogen-bond donors (Lipinski definition) is 0. The fourth-order valence-electron chi connectivity index (χ4n) is 2.61. The maximum absolute atomic E-state index is 13.2. The maximum Gasteiger partial charge on any atom is 0.435 e. The molecule has 4 nitrogen and oxygen atoms in total. The molecule has 0 aliphatic carbocycles. The number of alkyl halides is 6. The van der Waals surface area contributed by atoms with Crippen LogP contribution in [0.2, 0.25) is 0 Å². The van der Waals surface area contributed by atoms with Gasteiger partial charge in [0.15, 0.2) is 17.2 Å². The van der Waals surface area contributed by atoms with Gasteiger partial charge in [0.25, 0.3) is 0 Å². The van der Waals surface area contributed by atoms with E-state index in [1.165, 1.54) is 0 Å². The Morgan fingerprint density at radius 3 is 2.05 bits per heavy atom. The molecule has 2 heterocycles. The van der Waals surface area contributed by atoms with Crippen molar-refractivity contribution >= 4 is 0 Å². The van der Waals surface area contributed by atoms with Gasteiger partial charge in [-0.25, -0.2) is 0 Å². The molecule has 0 unspecified atom stereocenters. The molecule has 1 aliphatic rings. The van der Waals surface area contributed by atoms with Crippen LogP contribution in [-0.2, 0) is 34.7 Å². The molecule has 22 heavy (non-hydrogen) atoms. The number of ether oxygens (including phenoxy) is 2. The van der Waals surface area contributed by atoms with E-state index in [4.69, 9.17) is 9.47 Å². The molecule has 0 saturated carbocycles. The lowest BCUT2D eigenvalue weighted by atomic mass is 9.97. The van der Waals surface area contributed by atoms with Crippen molar-refractivity contribution in [3.8, 4) is 0 Å². The van der Waals surface area contributed by atoms with Crippen molar-refractivity contribution in [2.24, 2.45) is 7.05 Å². The molecule has 1 aromatic rings. The topological polar surface area (TPSA) is 36.3 Å². The van der Waals surface area contributed by atoms with Gasteiger partial charge in [0, 0.05) is 13.5 Å². The highest BCUT2D eigenvalue weighted by molar-refractivity contribution is 5.35. The minimum atomic E-state index is -5.05. The van der Waals surface area contributed by atoms with Gasteiger partial charge in [-0.15, -0.1) is 0 Å². The first kappa shape index (κ1) is 17.1. The van der Waals surface area contributed by atoms with E-state index in [1.807, 2.05) is 0 Å². The second-order valence-corrected chi connectivity index (χ2v) is 4.89. The summed E-state index contributed by atoms with van der Waals surface area (Å²) in [4.78, 5) is 0. The van der Waals surface area contributed by atoms with Gasteiger partial charge in [-0.05, 0) is 0 Å². The van der Waals surface area contributed by atoms with Gasteiger partial charge in [0.1, 0.15) is 0 Å². The summed E-state index contributed by atoms with van der Waals surface area (Å²) in [5.41, 5.74) is -4.22. The Kier molecular flexibility index (Phi) is 4.20. The average molecular weight is 332 g/mol. The van der Waals surface area contributed by atoms with Crippen molar-refractivity contribution < 1.29 is 35.8 Å². The van der Waals surface area contributed by atoms with Crippen molar-refractivity contribution in [1.82, 2.24) is 9.78 Å². The van der Waals surface area contributed by atoms with Crippen molar-refractivity contribution in [2.75, 3.05) is 13.2 Å². The summed E-state index contributed by atoms with van der Waals surface area (Å²) < 4.78 is 89.7. The predicted molar refractivity (Wildman–Crippen MR) is 61.7 cm³/mol. The Morgan fingerprint density at radius 1 is 1.09 bits per heavy atom. The van der Waals surface area contributed by atoms with Crippen LogP contribution >= 0.6 is 0 Å². The SMILES string of the molecule is CCCC1(c2c(C(F)(F)F)nn(C)c2C(F)(F)F)OCCO1. The molecule has 1 aromatic heterocycles. The van der Waals surface area contributed by atoms with E-state index < -0.39 is 35.1 Å². The zero-order valence-corrected chi connectivity index (χ0v) is 11.8. The number of rotatable bonds is 3. The second kappa shape index (κ2) is 5.41. The van der Waals surface area contributed by atoms with E-state index in [1.54, 1.807) is 6.92 Å². The summed E-state index contributed by atoms with van der Waals surface area (Å²) in [5, 5.41) is 3.03. The van der Waals surface area contributed by atoms with E-state index in [9.17, 15) is 26.3 Å². The number of nitrogens with zero attached hydrogens (tertiary/aromatic N) is 2. The fraction of sp³-hybridized carbons (Fsp3) is 0.750. The minimum absolute atomic E-state index is 0.0799. The molecule has 1 aliphatic heterocycles. The molecule has 1 fully saturated rings. The standard InChI is InChI=1S/C12H14F6N2O2/c1-3-4-10(21-5-6-22-10)7-8(11(13,14)15)19-20(2)9(7)12(16,17)18/h3-6H2,1-2H3. The van der Waals surface area contributed by atoms with Crippen LogP contribution in [0.1, 0.15) is 36.7 Å². The molecule has 0 N–H and O–H groups in total. The van der Waals surface area contributed by atoms with Crippen molar-refractivity contribution in [3.63, 3.8) is 0 Å². The zero-order valence-electron chi connectivity index (χ0n) is 11.8. The summed E-state index contributed by atoms with van der Waals surface area (Å²) in [5.74, 6) is -2.07. The van der Waals surface area contributed by atoms with Crippen LogP contribution in [0.15, 0.2) is 0 Å². The van der Waals surface area contributed by atoms with Gasteiger partial charge in [-0.2, -0.15) is 31.4 Å². The molecule has 0 atom stereocenters. The fourth-order valence-corrected chi connectivity index (χ4v) is 2.61. The quantitative estimate of drug-likeness (QED) is 0.796. The van der Waals surface area contributed by atoms with Crippen LogP contribution in [0.3, 0.4) is 0 Å². The summed E-state index contributed by atoms with van der Waals surface area (Å²) in [7, 11) is 0.816. The van der Waals surface area contributed by atoms with Crippen LogP contribution in [-0.4, -0.2) is 23.0 Å². The zero-order chi connectivity index (χ0) is 16.8. The first-order valence-electron chi connectivity index (χ1n) is 6.52. The van der Waals surface area contributed by atoms with Crippen LogP contribution in [0, 0.1) is 0 Å². The number of aromatic nitrogens is 2.